The van der Waals surface area contributed by atoms with Crippen LogP contribution in [-0.4, -0.2) is 17.7 Å². The molecule has 0 aromatic heterocycles. The lowest BCUT2D eigenvalue weighted by Crippen LogP contribution is -2.50. The van der Waals surface area contributed by atoms with Crippen LogP contribution in [0.2, 0.25) is 0 Å². The zero-order valence-corrected chi connectivity index (χ0v) is 10.2. The van der Waals surface area contributed by atoms with Crippen LogP contribution in [0, 0.1) is 0 Å². The van der Waals surface area contributed by atoms with E-state index in [0.717, 1.165) is 25.8 Å². The van der Waals surface area contributed by atoms with Gasteiger partial charge in [-0.3, -0.25) is 0 Å². The maximum atomic E-state index is 9.73. The van der Waals surface area contributed by atoms with Gasteiger partial charge in [-0.15, -0.1) is 0 Å². The van der Waals surface area contributed by atoms with Gasteiger partial charge in [0.15, 0.2) is 0 Å². The molecule has 2 aliphatic rings. The van der Waals surface area contributed by atoms with E-state index < -0.39 is 0 Å². The number of rotatable bonds is 1. The number of hydrogen-bond acceptors (Lipinski definition) is 2. The van der Waals surface area contributed by atoms with Crippen molar-refractivity contribution in [2.75, 3.05) is 6.54 Å². The van der Waals surface area contributed by atoms with Gasteiger partial charge in [-0.05, 0) is 56.0 Å². The van der Waals surface area contributed by atoms with Crippen LogP contribution >= 0.6 is 0 Å². The van der Waals surface area contributed by atoms with Crippen LogP contribution < -0.4 is 5.32 Å². The number of nitrogens with one attached hydrogen (secondary N) is 1. The Morgan fingerprint density at radius 1 is 1.47 bits per heavy atom. The number of allylic oxidation sites excluding steroid dienone is 2. The van der Waals surface area contributed by atoms with Gasteiger partial charge in [-0.1, -0.05) is 18.2 Å². The Morgan fingerprint density at radius 2 is 2.35 bits per heavy atom. The Balaban J connectivity index is 2.16. The average molecular weight is 229 g/mol. The maximum absolute atomic E-state index is 9.73. The first-order valence-corrected chi connectivity index (χ1v) is 6.43. The Kier molecular flexibility index (Phi) is 2.48. The molecule has 17 heavy (non-hydrogen) atoms. The number of benzene rings is 1. The highest BCUT2D eigenvalue weighted by Gasteiger charge is 2.40. The predicted molar refractivity (Wildman–Crippen MR) is 69.3 cm³/mol. The lowest BCUT2D eigenvalue weighted by atomic mass is 9.64. The van der Waals surface area contributed by atoms with E-state index in [-0.39, 0.29) is 5.41 Å². The van der Waals surface area contributed by atoms with Crippen molar-refractivity contribution < 1.29 is 5.11 Å². The zero-order chi connectivity index (χ0) is 11.9. The number of piperidine rings is 1. The molecule has 2 nitrogen and oxygen atoms in total. The number of phenolic OH excluding ortho intramolecular Hbond substituents is 1. The van der Waals surface area contributed by atoms with Crippen LogP contribution in [0.15, 0.2) is 30.4 Å². The molecule has 3 rings (SSSR count). The predicted octanol–water partition coefficient (Wildman–Crippen LogP) is 2.51. The molecule has 2 atom stereocenters. The van der Waals surface area contributed by atoms with Gasteiger partial charge in [0.1, 0.15) is 5.75 Å². The van der Waals surface area contributed by atoms with Crippen molar-refractivity contribution in [1.29, 1.82) is 0 Å². The van der Waals surface area contributed by atoms with Crippen molar-refractivity contribution in [3.05, 3.63) is 41.5 Å². The molecule has 1 fully saturated rings. The van der Waals surface area contributed by atoms with Crippen LogP contribution in [-0.2, 0) is 11.8 Å². The minimum Gasteiger partial charge on any atom is -0.508 e. The molecule has 0 spiro atoms. The molecule has 1 heterocycles. The summed E-state index contributed by atoms with van der Waals surface area (Å²) in [7, 11) is 0. The maximum Gasteiger partial charge on any atom is 0.115 e. The first-order chi connectivity index (χ1) is 8.23. The molecule has 1 aliphatic heterocycles. The lowest BCUT2D eigenvalue weighted by Gasteiger charge is -2.45. The van der Waals surface area contributed by atoms with Crippen molar-refractivity contribution in [3.8, 4) is 5.75 Å². The third-order valence-electron chi connectivity index (χ3n) is 4.20. The van der Waals surface area contributed by atoms with Gasteiger partial charge in [0.05, 0.1) is 0 Å². The van der Waals surface area contributed by atoms with E-state index in [1.54, 1.807) is 0 Å². The van der Waals surface area contributed by atoms with Crippen molar-refractivity contribution in [2.45, 2.75) is 37.6 Å². The molecule has 1 saturated heterocycles. The summed E-state index contributed by atoms with van der Waals surface area (Å²) >= 11 is 0. The second-order valence-corrected chi connectivity index (χ2v) is 5.31. The summed E-state index contributed by atoms with van der Waals surface area (Å²) in [5.74, 6) is 0.393. The molecule has 1 aromatic carbocycles. The van der Waals surface area contributed by atoms with Crippen LogP contribution in [0.5, 0.6) is 5.75 Å². The standard InChI is InChI=1S/C15H19NO/c1-2-5-15-6-7-16-12(10-15)8-11-3-4-13(17)9-14(11)15/h2-5,9,12,16-17H,6-8,10H2,1H3/b5-2+. The van der Waals surface area contributed by atoms with E-state index >= 15 is 0 Å². The van der Waals surface area contributed by atoms with E-state index in [1.807, 2.05) is 12.1 Å². The first-order valence-electron chi connectivity index (χ1n) is 6.43. The fourth-order valence-electron chi connectivity index (χ4n) is 3.53. The minimum absolute atomic E-state index is 0.150. The van der Waals surface area contributed by atoms with Crippen molar-refractivity contribution in [1.82, 2.24) is 5.32 Å². The first kappa shape index (κ1) is 10.8. The Bertz CT molecular complexity index is 466. The molecule has 2 N–H and O–H groups in total. The average Bonchev–Trinajstić information content (AvgIpc) is 2.31. The SMILES string of the molecule is C/C=C/C12CCNC(Cc3ccc(O)cc31)C2. The van der Waals surface area contributed by atoms with Gasteiger partial charge >= 0.3 is 0 Å². The van der Waals surface area contributed by atoms with Crippen molar-refractivity contribution in [3.63, 3.8) is 0 Å². The molecule has 0 amide bonds. The normalized spacial score (nSPS) is 31.5. The van der Waals surface area contributed by atoms with Crippen molar-refractivity contribution >= 4 is 0 Å². The Hall–Kier alpha value is -1.28. The Labute approximate surface area is 102 Å². The molecule has 2 unspecified atom stereocenters. The number of phenols is 1. The van der Waals surface area contributed by atoms with E-state index in [2.05, 4.69) is 30.5 Å². The molecule has 0 saturated carbocycles. The minimum atomic E-state index is 0.150. The van der Waals surface area contributed by atoms with E-state index in [9.17, 15) is 5.11 Å². The molecule has 0 radical (unpaired) electrons. The topological polar surface area (TPSA) is 32.3 Å². The summed E-state index contributed by atoms with van der Waals surface area (Å²) < 4.78 is 0. The van der Waals surface area contributed by atoms with Gasteiger partial charge < -0.3 is 10.4 Å². The van der Waals surface area contributed by atoms with Gasteiger partial charge in [-0.25, -0.2) is 0 Å². The Morgan fingerprint density at radius 3 is 3.18 bits per heavy atom. The monoisotopic (exact) mass is 229 g/mol. The summed E-state index contributed by atoms with van der Waals surface area (Å²) in [6.07, 6.45) is 7.87. The van der Waals surface area contributed by atoms with Gasteiger partial charge in [-0.2, -0.15) is 0 Å². The van der Waals surface area contributed by atoms with Gasteiger partial charge in [0, 0.05) is 11.5 Å². The molecule has 2 heteroatoms. The lowest BCUT2D eigenvalue weighted by molar-refractivity contribution is 0.276. The fraction of sp³-hybridized carbons (Fsp3) is 0.467. The highest BCUT2D eigenvalue weighted by atomic mass is 16.3. The number of aromatic hydroxyl groups is 1. The summed E-state index contributed by atoms with van der Waals surface area (Å²) in [5, 5.41) is 13.3. The molecular weight excluding hydrogens is 210 g/mol. The van der Waals surface area contributed by atoms with Crippen LogP contribution in [0.3, 0.4) is 0 Å². The van der Waals surface area contributed by atoms with Gasteiger partial charge in [0.25, 0.3) is 0 Å². The van der Waals surface area contributed by atoms with Gasteiger partial charge in [0.2, 0.25) is 0 Å². The van der Waals surface area contributed by atoms with Crippen molar-refractivity contribution in [2.24, 2.45) is 0 Å². The molecular formula is C15H19NO. The smallest absolute Gasteiger partial charge is 0.115 e. The van der Waals surface area contributed by atoms with E-state index in [4.69, 9.17) is 0 Å². The van der Waals surface area contributed by atoms with Crippen LogP contribution in [0.4, 0.5) is 0 Å². The highest BCUT2D eigenvalue weighted by Crippen LogP contribution is 2.44. The second kappa shape index (κ2) is 3.88. The largest absolute Gasteiger partial charge is 0.508 e. The van der Waals surface area contributed by atoms with E-state index in [1.165, 1.54) is 11.1 Å². The number of hydrogen-bond donors (Lipinski definition) is 2. The summed E-state index contributed by atoms with van der Waals surface area (Å²) in [6, 6.07) is 6.46. The van der Waals surface area contributed by atoms with E-state index in [0.29, 0.717) is 11.8 Å². The van der Waals surface area contributed by atoms with Crippen LogP contribution in [0.1, 0.15) is 30.9 Å². The summed E-state index contributed by atoms with van der Waals surface area (Å²) in [4.78, 5) is 0. The molecule has 1 aliphatic carbocycles. The highest BCUT2D eigenvalue weighted by molar-refractivity contribution is 5.46. The summed E-state index contributed by atoms with van der Waals surface area (Å²) in [6.45, 7) is 3.16. The molecule has 1 aromatic rings. The molecule has 2 bridgehead atoms. The molecule has 90 valence electrons. The quantitative estimate of drug-likeness (QED) is 0.725. The third-order valence-corrected chi connectivity index (χ3v) is 4.20. The second-order valence-electron chi connectivity index (χ2n) is 5.31. The third kappa shape index (κ3) is 1.67. The number of fused-ring (bicyclic) bond motifs is 4. The fourth-order valence-corrected chi connectivity index (χ4v) is 3.53. The zero-order valence-electron chi connectivity index (χ0n) is 10.2. The van der Waals surface area contributed by atoms with Crippen LogP contribution in [0.25, 0.3) is 0 Å². The summed E-state index contributed by atoms with van der Waals surface area (Å²) in [5.41, 5.74) is 2.88.